The normalized spacial score (nSPS) is 11.4. The molecule has 2 nitrogen and oxygen atoms in total. The number of hydrogen-bond donors (Lipinski definition) is 0. The van der Waals surface area contributed by atoms with Crippen molar-refractivity contribution in [3.05, 3.63) is 70.5 Å². The van der Waals surface area contributed by atoms with Crippen LogP contribution in [0.4, 0.5) is 0 Å². The Kier molecular flexibility index (Phi) is 3.57. The average molecular weight is 326 g/mol. The third-order valence-electron chi connectivity index (χ3n) is 5.77. The summed E-state index contributed by atoms with van der Waals surface area (Å²) in [4.78, 5) is 9.31. The average Bonchev–Trinajstić information content (AvgIpc) is 2.65. The molecule has 0 aliphatic rings. The Balaban J connectivity index is 2.15. The lowest BCUT2D eigenvalue weighted by Crippen LogP contribution is -2.01. The predicted octanol–water partition coefficient (Wildman–Crippen LogP) is 5.99. The fraction of sp³-hybridized carbons (Fsp3) is 0.217. The number of rotatable bonds is 1. The number of fused-ring (bicyclic) bond motifs is 3. The Bertz CT molecular complexity index is 1110. The van der Waals surface area contributed by atoms with E-state index in [-0.39, 0.29) is 0 Å². The van der Waals surface area contributed by atoms with Crippen molar-refractivity contribution in [3.63, 3.8) is 0 Å². The Morgan fingerprint density at radius 1 is 0.600 bits per heavy atom. The minimum atomic E-state index is 1.03. The highest BCUT2D eigenvalue weighted by molar-refractivity contribution is 6.09. The summed E-state index contributed by atoms with van der Waals surface area (Å²) in [5.74, 6) is 0. The molecule has 0 fully saturated rings. The number of benzene rings is 3. The summed E-state index contributed by atoms with van der Waals surface area (Å²) in [7, 11) is 0. The molecule has 124 valence electrons. The van der Waals surface area contributed by atoms with Crippen molar-refractivity contribution in [2.75, 3.05) is 0 Å². The van der Waals surface area contributed by atoms with Crippen LogP contribution in [0.1, 0.15) is 27.8 Å². The van der Waals surface area contributed by atoms with Gasteiger partial charge >= 0.3 is 0 Å². The molecule has 0 amide bonds. The first-order valence-electron chi connectivity index (χ1n) is 8.70. The highest BCUT2D eigenvalue weighted by Gasteiger charge is 2.17. The smallest absolute Gasteiger partial charge is 0.116 e. The fourth-order valence-electron chi connectivity index (χ4n) is 3.85. The zero-order valence-electron chi connectivity index (χ0n) is 15.4. The molecule has 4 aromatic rings. The first-order valence-corrected chi connectivity index (χ1v) is 8.70. The van der Waals surface area contributed by atoms with E-state index in [0.717, 1.165) is 16.6 Å². The highest BCUT2D eigenvalue weighted by atomic mass is 14.8. The van der Waals surface area contributed by atoms with Gasteiger partial charge in [0.05, 0.1) is 11.2 Å². The van der Waals surface area contributed by atoms with E-state index in [2.05, 4.69) is 76.0 Å². The largest absolute Gasteiger partial charge is 0.236 e. The summed E-state index contributed by atoms with van der Waals surface area (Å²) in [5, 5.41) is 3.51. The molecule has 0 spiro atoms. The fourth-order valence-corrected chi connectivity index (χ4v) is 3.85. The molecule has 0 N–H and O–H groups in total. The summed E-state index contributed by atoms with van der Waals surface area (Å²) in [6, 6.07) is 12.7. The minimum Gasteiger partial charge on any atom is -0.236 e. The van der Waals surface area contributed by atoms with Crippen LogP contribution in [0.25, 0.3) is 32.9 Å². The van der Waals surface area contributed by atoms with Gasteiger partial charge in [-0.15, -0.1) is 0 Å². The molecule has 2 heteroatoms. The molecule has 0 aliphatic heterocycles. The Morgan fingerprint density at radius 2 is 1.24 bits per heavy atom. The lowest BCUT2D eigenvalue weighted by Gasteiger charge is -2.19. The van der Waals surface area contributed by atoms with Crippen molar-refractivity contribution >= 4 is 21.7 Å². The van der Waals surface area contributed by atoms with Crippen molar-refractivity contribution in [2.45, 2.75) is 34.6 Å². The van der Waals surface area contributed by atoms with E-state index in [1.165, 1.54) is 44.2 Å². The van der Waals surface area contributed by atoms with Gasteiger partial charge in [-0.05, 0) is 73.9 Å². The molecule has 0 unspecified atom stereocenters. The summed E-state index contributed by atoms with van der Waals surface area (Å²) < 4.78 is 0. The number of hydrogen-bond acceptors (Lipinski definition) is 2. The Labute approximate surface area is 148 Å². The van der Waals surface area contributed by atoms with E-state index in [0.29, 0.717) is 0 Å². The minimum absolute atomic E-state index is 1.03. The quantitative estimate of drug-likeness (QED) is 0.401. The van der Waals surface area contributed by atoms with Crippen LogP contribution in [0.2, 0.25) is 0 Å². The zero-order valence-corrected chi connectivity index (χ0v) is 15.4. The maximum atomic E-state index is 4.71. The van der Waals surface area contributed by atoms with E-state index in [4.69, 9.17) is 4.98 Å². The summed E-state index contributed by atoms with van der Waals surface area (Å²) in [6.45, 7) is 11.0. The van der Waals surface area contributed by atoms with Crippen LogP contribution in [-0.2, 0) is 0 Å². The van der Waals surface area contributed by atoms with Crippen LogP contribution >= 0.6 is 0 Å². The van der Waals surface area contributed by atoms with Crippen molar-refractivity contribution < 1.29 is 0 Å². The molecule has 1 aromatic heterocycles. The molecular formula is C23H22N2. The molecule has 0 saturated heterocycles. The predicted molar refractivity (Wildman–Crippen MR) is 106 cm³/mol. The first-order chi connectivity index (χ1) is 12.0. The monoisotopic (exact) mass is 326 g/mol. The van der Waals surface area contributed by atoms with E-state index in [1.807, 2.05) is 0 Å². The molecule has 0 aliphatic carbocycles. The lowest BCUT2D eigenvalue weighted by atomic mass is 9.87. The molecule has 0 bridgehead atoms. The van der Waals surface area contributed by atoms with Crippen LogP contribution in [0, 0.1) is 34.6 Å². The van der Waals surface area contributed by atoms with E-state index < -0.39 is 0 Å². The van der Waals surface area contributed by atoms with Gasteiger partial charge in [-0.2, -0.15) is 0 Å². The molecule has 3 aromatic carbocycles. The van der Waals surface area contributed by atoms with Crippen LogP contribution in [-0.4, -0.2) is 9.97 Å². The third-order valence-corrected chi connectivity index (χ3v) is 5.77. The van der Waals surface area contributed by atoms with Crippen molar-refractivity contribution in [2.24, 2.45) is 0 Å². The van der Waals surface area contributed by atoms with Gasteiger partial charge in [0.15, 0.2) is 0 Å². The van der Waals surface area contributed by atoms with Gasteiger partial charge in [-0.1, -0.05) is 30.3 Å². The van der Waals surface area contributed by atoms with E-state index in [9.17, 15) is 0 Å². The zero-order chi connectivity index (χ0) is 17.7. The summed E-state index contributed by atoms with van der Waals surface area (Å²) in [5.41, 5.74) is 10.0. The van der Waals surface area contributed by atoms with Crippen molar-refractivity contribution in [1.82, 2.24) is 9.97 Å². The van der Waals surface area contributed by atoms with Crippen LogP contribution in [0.5, 0.6) is 0 Å². The second kappa shape index (κ2) is 5.66. The maximum absolute atomic E-state index is 4.71. The molecule has 1 heterocycles. The van der Waals surface area contributed by atoms with Crippen LogP contribution < -0.4 is 0 Å². The Morgan fingerprint density at radius 3 is 1.96 bits per heavy atom. The van der Waals surface area contributed by atoms with Crippen LogP contribution in [0.15, 0.2) is 42.7 Å². The first kappa shape index (κ1) is 15.8. The Hall–Kier alpha value is -2.74. The SMILES string of the molecule is Cc1c(C)c(C)c(-c2ncnc3c2ccc2ccccc23)c(C)c1C. The number of nitrogens with zero attached hydrogens (tertiary/aromatic N) is 2. The second-order valence-electron chi connectivity index (χ2n) is 6.91. The van der Waals surface area contributed by atoms with Gasteiger partial charge in [0, 0.05) is 16.3 Å². The standard InChI is InChI=1S/C23H22N2/c1-13-14(2)16(4)21(17(5)15(13)3)23-20-11-10-18-8-6-7-9-19(18)22(20)24-12-25-23/h6-12H,1-5H3. The van der Waals surface area contributed by atoms with Gasteiger partial charge in [-0.25, -0.2) is 9.97 Å². The second-order valence-corrected chi connectivity index (χ2v) is 6.91. The van der Waals surface area contributed by atoms with Crippen LogP contribution in [0.3, 0.4) is 0 Å². The molecule has 25 heavy (non-hydrogen) atoms. The topological polar surface area (TPSA) is 25.8 Å². The highest BCUT2D eigenvalue weighted by Crippen LogP contribution is 2.37. The van der Waals surface area contributed by atoms with Gasteiger partial charge in [0.2, 0.25) is 0 Å². The number of aromatic nitrogens is 2. The van der Waals surface area contributed by atoms with Crippen molar-refractivity contribution in [3.8, 4) is 11.3 Å². The van der Waals surface area contributed by atoms with Gasteiger partial charge in [0.25, 0.3) is 0 Å². The molecule has 4 rings (SSSR count). The van der Waals surface area contributed by atoms with E-state index in [1.54, 1.807) is 6.33 Å². The molecule has 0 atom stereocenters. The molecular weight excluding hydrogens is 304 g/mol. The third kappa shape index (κ3) is 2.25. The molecule has 0 saturated carbocycles. The summed E-state index contributed by atoms with van der Waals surface area (Å²) >= 11 is 0. The van der Waals surface area contributed by atoms with Crippen molar-refractivity contribution in [1.29, 1.82) is 0 Å². The summed E-state index contributed by atoms with van der Waals surface area (Å²) in [6.07, 6.45) is 1.70. The van der Waals surface area contributed by atoms with Gasteiger partial charge in [-0.3, -0.25) is 0 Å². The lowest BCUT2D eigenvalue weighted by molar-refractivity contribution is 1.16. The maximum Gasteiger partial charge on any atom is 0.116 e. The molecule has 0 radical (unpaired) electrons. The van der Waals surface area contributed by atoms with E-state index >= 15 is 0 Å². The van der Waals surface area contributed by atoms with Gasteiger partial charge in [0.1, 0.15) is 6.33 Å². The van der Waals surface area contributed by atoms with Gasteiger partial charge < -0.3 is 0 Å².